The average molecular weight is 267 g/mol. The van der Waals surface area contributed by atoms with Crippen molar-refractivity contribution in [1.82, 2.24) is 10.2 Å². The van der Waals surface area contributed by atoms with Crippen LogP contribution in [0, 0.1) is 0 Å². The Morgan fingerprint density at radius 3 is 2.68 bits per heavy atom. The highest BCUT2D eigenvalue weighted by Gasteiger charge is 2.42. The lowest BCUT2D eigenvalue weighted by atomic mass is 9.90. The highest BCUT2D eigenvalue weighted by molar-refractivity contribution is 5.86. The Morgan fingerprint density at radius 1 is 1.37 bits per heavy atom. The van der Waals surface area contributed by atoms with Gasteiger partial charge in [-0.15, -0.1) is 0 Å². The van der Waals surface area contributed by atoms with Crippen LogP contribution in [0.4, 0.5) is 0 Å². The van der Waals surface area contributed by atoms with Crippen LogP contribution in [-0.4, -0.2) is 54.2 Å². The number of carbonyl (C=O) groups is 1. The van der Waals surface area contributed by atoms with Gasteiger partial charge in [0.1, 0.15) is 0 Å². The third-order valence-corrected chi connectivity index (χ3v) is 4.81. The molecule has 108 valence electrons. The molecule has 1 saturated carbocycles. The number of hydrogen-bond acceptors (Lipinski definition) is 4. The van der Waals surface area contributed by atoms with Gasteiger partial charge < -0.3 is 15.8 Å². The molecule has 0 aromatic carbocycles. The third kappa shape index (κ3) is 2.78. The van der Waals surface area contributed by atoms with Crippen LogP contribution >= 0.6 is 0 Å². The van der Waals surface area contributed by atoms with Crippen LogP contribution in [0.2, 0.25) is 0 Å². The summed E-state index contributed by atoms with van der Waals surface area (Å²) in [6.07, 6.45) is 4.96. The summed E-state index contributed by atoms with van der Waals surface area (Å²) in [5.41, 5.74) is 5.50. The molecule has 2 atom stereocenters. The van der Waals surface area contributed by atoms with E-state index in [2.05, 4.69) is 17.1 Å². The van der Waals surface area contributed by atoms with Gasteiger partial charge >= 0.3 is 0 Å². The monoisotopic (exact) mass is 267 g/mol. The van der Waals surface area contributed by atoms with Crippen LogP contribution in [0.1, 0.15) is 39.0 Å². The number of nitrogens with zero attached hydrogens (tertiary/aromatic N) is 1. The fourth-order valence-corrected chi connectivity index (χ4v) is 3.37. The predicted molar refractivity (Wildman–Crippen MR) is 72.7 cm³/mol. The molecule has 2 heterocycles. The van der Waals surface area contributed by atoms with E-state index in [1.54, 1.807) is 0 Å². The maximum absolute atomic E-state index is 12.4. The highest BCUT2D eigenvalue weighted by atomic mass is 16.5. The van der Waals surface area contributed by atoms with Crippen LogP contribution in [0.25, 0.3) is 0 Å². The maximum atomic E-state index is 12.4. The SMILES string of the molecule is CC1CC(NC(=O)C2(N)CCOCC2)CN1C1CC1. The minimum atomic E-state index is -0.714. The maximum Gasteiger partial charge on any atom is 0.240 e. The van der Waals surface area contributed by atoms with Gasteiger partial charge in [-0.3, -0.25) is 9.69 Å². The normalized spacial score (nSPS) is 35.3. The number of rotatable bonds is 3. The molecule has 3 N–H and O–H groups in total. The molecule has 2 saturated heterocycles. The second kappa shape index (κ2) is 5.04. The molecule has 5 nitrogen and oxygen atoms in total. The molecule has 3 fully saturated rings. The van der Waals surface area contributed by atoms with Gasteiger partial charge in [0.15, 0.2) is 0 Å². The summed E-state index contributed by atoms with van der Waals surface area (Å²) in [6.45, 7) is 4.44. The predicted octanol–water partition coefficient (Wildman–Crippen LogP) is 0.236. The summed E-state index contributed by atoms with van der Waals surface area (Å²) < 4.78 is 5.29. The Kier molecular flexibility index (Phi) is 3.53. The van der Waals surface area contributed by atoms with Gasteiger partial charge in [-0.25, -0.2) is 0 Å². The van der Waals surface area contributed by atoms with E-state index in [1.807, 2.05) is 0 Å². The van der Waals surface area contributed by atoms with E-state index in [-0.39, 0.29) is 11.9 Å². The summed E-state index contributed by atoms with van der Waals surface area (Å²) in [7, 11) is 0. The number of carbonyl (C=O) groups excluding carboxylic acids is 1. The van der Waals surface area contributed by atoms with Crippen molar-refractivity contribution in [2.45, 2.75) is 62.7 Å². The summed E-state index contributed by atoms with van der Waals surface area (Å²) >= 11 is 0. The zero-order chi connectivity index (χ0) is 13.5. The van der Waals surface area contributed by atoms with Crippen molar-refractivity contribution >= 4 is 5.91 Å². The first-order valence-corrected chi connectivity index (χ1v) is 7.52. The minimum Gasteiger partial charge on any atom is -0.381 e. The first-order valence-electron chi connectivity index (χ1n) is 7.52. The van der Waals surface area contributed by atoms with Gasteiger partial charge in [-0.1, -0.05) is 0 Å². The molecule has 0 spiro atoms. The van der Waals surface area contributed by atoms with E-state index >= 15 is 0 Å². The Hall–Kier alpha value is -0.650. The Morgan fingerprint density at radius 2 is 2.05 bits per heavy atom. The van der Waals surface area contributed by atoms with Crippen molar-refractivity contribution in [3.05, 3.63) is 0 Å². The molecule has 0 aromatic heterocycles. The third-order valence-electron chi connectivity index (χ3n) is 4.81. The van der Waals surface area contributed by atoms with Crippen LogP contribution < -0.4 is 11.1 Å². The van der Waals surface area contributed by atoms with Gasteiger partial charge in [0, 0.05) is 37.9 Å². The van der Waals surface area contributed by atoms with Crippen molar-refractivity contribution in [2.24, 2.45) is 5.73 Å². The molecule has 1 aliphatic carbocycles. The zero-order valence-corrected chi connectivity index (χ0v) is 11.7. The molecular weight excluding hydrogens is 242 g/mol. The molecule has 0 radical (unpaired) electrons. The summed E-state index contributed by atoms with van der Waals surface area (Å²) in [6, 6.07) is 1.62. The van der Waals surface area contributed by atoms with Gasteiger partial charge in [0.2, 0.25) is 5.91 Å². The number of nitrogens with one attached hydrogen (secondary N) is 1. The smallest absolute Gasteiger partial charge is 0.240 e. The van der Waals surface area contributed by atoms with Gasteiger partial charge in [-0.05, 0) is 39.0 Å². The molecular formula is C14H25N3O2. The van der Waals surface area contributed by atoms with Crippen LogP contribution in [-0.2, 0) is 9.53 Å². The van der Waals surface area contributed by atoms with Crippen LogP contribution in [0.15, 0.2) is 0 Å². The number of likely N-dealkylation sites (tertiary alicyclic amines) is 1. The molecule has 3 rings (SSSR count). The number of hydrogen-bond donors (Lipinski definition) is 2. The van der Waals surface area contributed by atoms with E-state index in [0.717, 1.165) is 19.0 Å². The summed E-state index contributed by atoms with van der Waals surface area (Å²) in [4.78, 5) is 14.9. The first kappa shape index (κ1) is 13.3. The lowest BCUT2D eigenvalue weighted by Gasteiger charge is -2.32. The molecule has 19 heavy (non-hydrogen) atoms. The summed E-state index contributed by atoms with van der Waals surface area (Å²) in [5.74, 6) is 0.0191. The Bertz CT molecular complexity index is 351. The lowest BCUT2D eigenvalue weighted by molar-refractivity contribution is -0.130. The molecule has 2 unspecified atom stereocenters. The van der Waals surface area contributed by atoms with Gasteiger partial charge in [0.25, 0.3) is 0 Å². The van der Waals surface area contributed by atoms with E-state index in [1.165, 1.54) is 12.8 Å². The lowest BCUT2D eigenvalue weighted by Crippen LogP contribution is -2.59. The standard InChI is InChI=1S/C14H25N3O2/c1-10-8-11(9-17(10)12-2-3-12)16-13(18)14(15)4-6-19-7-5-14/h10-12H,2-9,15H2,1H3,(H,16,18). The minimum absolute atomic E-state index is 0.0191. The number of amides is 1. The van der Waals surface area contributed by atoms with E-state index in [0.29, 0.717) is 32.1 Å². The Balaban J connectivity index is 1.55. The molecule has 0 bridgehead atoms. The van der Waals surface area contributed by atoms with Crippen LogP contribution in [0.5, 0.6) is 0 Å². The van der Waals surface area contributed by atoms with Crippen molar-refractivity contribution < 1.29 is 9.53 Å². The molecule has 0 aromatic rings. The van der Waals surface area contributed by atoms with Crippen LogP contribution in [0.3, 0.4) is 0 Å². The van der Waals surface area contributed by atoms with Gasteiger partial charge in [-0.2, -0.15) is 0 Å². The Labute approximate surface area is 114 Å². The van der Waals surface area contributed by atoms with E-state index in [4.69, 9.17) is 10.5 Å². The number of ether oxygens (including phenoxy) is 1. The molecule has 1 amide bonds. The summed E-state index contributed by atoms with van der Waals surface area (Å²) in [5, 5.41) is 3.17. The number of nitrogens with two attached hydrogens (primary N) is 1. The second-order valence-electron chi connectivity index (χ2n) is 6.45. The average Bonchev–Trinajstić information content (AvgIpc) is 3.15. The fourth-order valence-electron chi connectivity index (χ4n) is 3.37. The fraction of sp³-hybridized carbons (Fsp3) is 0.929. The zero-order valence-electron chi connectivity index (χ0n) is 11.7. The quantitative estimate of drug-likeness (QED) is 0.768. The van der Waals surface area contributed by atoms with Gasteiger partial charge in [0.05, 0.1) is 5.54 Å². The van der Waals surface area contributed by atoms with Crippen molar-refractivity contribution in [2.75, 3.05) is 19.8 Å². The second-order valence-corrected chi connectivity index (χ2v) is 6.45. The van der Waals surface area contributed by atoms with Crippen molar-refractivity contribution in [1.29, 1.82) is 0 Å². The molecule has 2 aliphatic heterocycles. The van der Waals surface area contributed by atoms with Crippen molar-refractivity contribution in [3.63, 3.8) is 0 Å². The molecule has 5 heteroatoms. The first-order chi connectivity index (χ1) is 9.08. The largest absolute Gasteiger partial charge is 0.381 e. The highest BCUT2D eigenvalue weighted by Crippen LogP contribution is 2.33. The van der Waals surface area contributed by atoms with Crippen molar-refractivity contribution in [3.8, 4) is 0 Å². The topological polar surface area (TPSA) is 67.6 Å². The van der Waals surface area contributed by atoms with E-state index < -0.39 is 5.54 Å². The molecule has 3 aliphatic rings. The van der Waals surface area contributed by atoms with E-state index in [9.17, 15) is 4.79 Å².